The van der Waals surface area contributed by atoms with E-state index < -0.39 is 0 Å². The van der Waals surface area contributed by atoms with Crippen LogP contribution in [0.15, 0.2) is 47.4 Å². The average Bonchev–Trinajstić information content (AvgIpc) is 3.53. The number of fused-ring (bicyclic) bond motifs is 2. The molecule has 1 aromatic carbocycles. The molecule has 36 heavy (non-hydrogen) atoms. The van der Waals surface area contributed by atoms with Gasteiger partial charge in [0.15, 0.2) is 11.5 Å². The molecule has 2 aliphatic rings. The molecule has 1 aliphatic heterocycles. The van der Waals surface area contributed by atoms with Gasteiger partial charge in [0, 0.05) is 34.6 Å². The highest BCUT2D eigenvalue weighted by molar-refractivity contribution is 5.77. The Morgan fingerprint density at radius 3 is 2.64 bits per heavy atom. The molecule has 4 heterocycles. The second kappa shape index (κ2) is 8.00. The van der Waals surface area contributed by atoms with Crippen LogP contribution in [0.3, 0.4) is 0 Å². The summed E-state index contributed by atoms with van der Waals surface area (Å²) in [7, 11) is 0. The third kappa shape index (κ3) is 3.71. The molecule has 186 valence electrons. The van der Waals surface area contributed by atoms with Crippen molar-refractivity contribution in [1.29, 1.82) is 0 Å². The maximum absolute atomic E-state index is 13.4. The Bertz CT molecular complexity index is 1540. The predicted octanol–water partition coefficient (Wildman–Crippen LogP) is 4.73. The Morgan fingerprint density at radius 1 is 1.08 bits per heavy atom. The van der Waals surface area contributed by atoms with Crippen LogP contribution in [0, 0.1) is 0 Å². The summed E-state index contributed by atoms with van der Waals surface area (Å²) in [6.45, 7) is 11.6. The van der Waals surface area contributed by atoms with Crippen molar-refractivity contribution < 1.29 is 0 Å². The van der Waals surface area contributed by atoms with Gasteiger partial charge in [0.25, 0.3) is 5.56 Å². The topological polar surface area (TPSA) is 89.7 Å². The minimum Gasteiger partial charge on any atom is -0.324 e. The minimum absolute atomic E-state index is 0.0452. The fourth-order valence-corrected chi connectivity index (χ4v) is 5.29. The van der Waals surface area contributed by atoms with Gasteiger partial charge in [-0.05, 0) is 88.9 Å². The zero-order valence-electron chi connectivity index (χ0n) is 21.6. The van der Waals surface area contributed by atoms with E-state index in [-0.39, 0.29) is 22.6 Å². The molecule has 0 spiro atoms. The fourth-order valence-electron chi connectivity index (χ4n) is 5.29. The van der Waals surface area contributed by atoms with Crippen molar-refractivity contribution >= 4 is 22.7 Å². The van der Waals surface area contributed by atoms with Crippen molar-refractivity contribution in [3.05, 3.63) is 69.8 Å². The quantitative estimate of drug-likeness (QED) is 0.426. The minimum atomic E-state index is -0.111. The van der Waals surface area contributed by atoms with Crippen molar-refractivity contribution in [1.82, 2.24) is 29.6 Å². The molecule has 8 nitrogen and oxygen atoms in total. The van der Waals surface area contributed by atoms with Gasteiger partial charge in [-0.3, -0.25) is 4.79 Å². The van der Waals surface area contributed by atoms with Crippen LogP contribution in [0.5, 0.6) is 0 Å². The smallest absolute Gasteiger partial charge is 0.278 e. The van der Waals surface area contributed by atoms with E-state index in [1.807, 2.05) is 30.7 Å². The maximum Gasteiger partial charge on any atom is 0.278 e. The monoisotopic (exact) mass is 483 g/mol. The lowest BCUT2D eigenvalue weighted by Gasteiger charge is -2.34. The summed E-state index contributed by atoms with van der Waals surface area (Å²) in [6.07, 6.45) is 4.88. The van der Waals surface area contributed by atoms with Crippen LogP contribution in [0.4, 0.5) is 11.6 Å². The first kappa shape index (κ1) is 22.9. The van der Waals surface area contributed by atoms with Gasteiger partial charge < -0.3 is 10.6 Å². The summed E-state index contributed by atoms with van der Waals surface area (Å²) in [5.74, 6) is 1.16. The van der Waals surface area contributed by atoms with E-state index in [1.165, 1.54) is 11.1 Å². The molecule has 0 atom stereocenters. The van der Waals surface area contributed by atoms with Crippen molar-refractivity contribution in [2.45, 2.75) is 70.9 Å². The molecular weight excluding hydrogens is 450 g/mol. The molecule has 0 amide bonds. The molecule has 4 aromatic rings. The van der Waals surface area contributed by atoms with Gasteiger partial charge in [0.05, 0.1) is 0 Å². The van der Waals surface area contributed by atoms with Crippen molar-refractivity contribution in [3.63, 3.8) is 0 Å². The molecule has 0 radical (unpaired) electrons. The zero-order chi connectivity index (χ0) is 25.2. The van der Waals surface area contributed by atoms with Crippen molar-refractivity contribution in [2.75, 3.05) is 11.9 Å². The van der Waals surface area contributed by atoms with E-state index in [2.05, 4.69) is 60.7 Å². The largest absolute Gasteiger partial charge is 0.324 e. The van der Waals surface area contributed by atoms with Gasteiger partial charge in [-0.15, -0.1) is 0 Å². The average molecular weight is 484 g/mol. The zero-order valence-corrected chi connectivity index (χ0v) is 21.6. The van der Waals surface area contributed by atoms with Crippen LogP contribution in [-0.4, -0.2) is 30.9 Å². The molecule has 3 aromatic heterocycles. The first-order valence-corrected chi connectivity index (χ1v) is 12.8. The van der Waals surface area contributed by atoms with E-state index in [4.69, 9.17) is 9.97 Å². The molecular formula is C28H33N7O. The lowest BCUT2D eigenvalue weighted by molar-refractivity contribution is 0.382. The summed E-state index contributed by atoms with van der Waals surface area (Å²) in [6, 6.07) is 12.4. The number of anilines is 2. The number of aromatic nitrogens is 5. The Labute approximate surface area is 210 Å². The first-order chi connectivity index (χ1) is 17.2. The lowest BCUT2D eigenvalue weighted by Crippen LogP contribution is -2.42. The molecule has 0 saturated heterocycles. The van der Waals surface area contributed by atoms with Gasteiger partial charge in [-0.25, -0.2) is 19.3 Å². The standard InChI is InChI=1S/C28H33N7O/c1-17(2)34-25(36)20-16-29-26(31-19-9-10-21-18(15-19)11-14-30-27(21,3)4)33-24(20)35(34)23-8-6-7-22(32-23)28(5)12-13-28/h6-10,15-17,30H,11-14H2,1-5H3,(H,29,31,33). The number of nitrogens with one attached hydrogen (secondary N) is 2. The predicted molar refractivity (Wildman–Crippen MR) is 142 cm³/mol. The number of hydrogen-bond acceptors (Lipinski definition) is 6. The Balaban J connectivity index is 1.44. The van der Waals surface area contributed by atoms with E-state index >= 15 is 0 Å². The van der Waals surface area contributed by atoms with Gasteiger partial charge in [0.1, 0.15) is 5.39 Å². The summed E-state index contributed by atoms with van der Waals surface area (Å²) in [5.41, 5.74) is 5.15. The molecule has 0 bridgehead atoms. The lowest BCUT2D eigenvalue weighted by atomic mass is 9.85. The second-order valence-electron chi connectivity index (χ2n) is 11.2. The van der Waals surface area contributed by atoms with Crippen LogP contribution in [0.2, 0.25) is 0 Å². The molecule has 1 saturated carbocycles. The molecule has 8 heteroatoms. The van der Waals surface area contributed by atoms with Crippen LogP contribution in [0.1, 0.15) is 70.3 Å². The number of rotatable bonds is 5. The van der Waals surface area contributed by atoms with Crippen LogP contribution >= 0.6 is 0 Å². The summed E-state index contributed by atoms with van der Waals surface area (Å²) < 4.78 is 3.57. The first-order valence-electron chi connectivity index (χ1n) is 12.8. The van der Waals surface area contributed by atoms with E-state index in [0.29, 0.717) is 22.8 Å². The number of pyridine rings is 1. The van der Waals surface area contributed by atoms with Gasteiger partial charge in [-0.2, -0.15) is 4.98 Å². The van der Waals surface area contributed by atoms with E-state index in [1.54, 1.807) is 10.9 Å². The normalized spacial score (nSPS) is 17.8. The molecule has 2 N–H and O–H groups in total. The highest BCUT2D eigenvalue weighted by Gasteiger charge is 2.40. The van der Waals surface area contributed by atoms with Gasteiger partial charge in [-0.1, -0.05) is 19.1 Å². The SMILES string of the molecule is CC(C)n1c(=O)c2cnc(Nc3ccc4c(c3)CCNC4(C)C)nc2n1-c1cccc(C2(C)CC2)n1. The highest BCUT2D eigenvalue weighted by atomic mass is 16.1. The molecule has 0 unspecified atom stereocenters. The fraction of sp³-hybridized carbons (Fsp3) is 0.429. The Morgan fingerprint density at radius 2 is 1.89 bits per heavy atom. The van der Waals surface area contributed by atoms with Crippen LogP contribution in [0.25, 0.3) is 16.9 Å². The highest BCUT2D eigenvalue weighted by Crippen LogP contribution is 2.46. The Hall–Kier alpha value is -3.52. The summed E-state index contributed by atoms with van der Waals surface area (Å²) in [5, 5.41) is 7.43. The number of hydrogen-bond donors (Lipinski definition) is 2. The van der Waals surface area contributed by atoms with Crippen LogP contribution < -0.4 is 16.2 Å². The van der Waals surface area contributed by atoms with Gasteiger partial charge in [0.2, 0.25) is 5.95 Å². The van der Waals surface area contributed by atoms with Crippen molar-refractivity contribution in [2.24, 2.45) is 0 Å². The second-order valence-corrected chi connectivity index (χ2v) is 11.2. The molecule has 1 aliphatic carbocycles. The van der Waals surface area contributed by atoms with Gasteiger partial charge >= 0.3 is 0 Å². The number of benzene rings is 1. The van der Waals surface area contributed by atoms with E-state index in [9.17, 15) is 4.79 Å². The third-order valence-corrected chi connectivity index (χ3v) is 7.68. The third-order valence-electron chi connectivity index (χ3n) is 7.68. The van der Waals surface area contributed by atoms with Crippen molar-refractivity contribution in [3.8, 4) is 5.82 Å². The van der Waals surface area contributed by atoms with E-state index in [0.717, 1.165) is 37.2 Å². The molecule has 6 rings (SSSR count). The number of nitrogens with zero attached hydrogens (tertiary/aromatic N) is 5. The maximum atomic E-state index is 13.4. The summed E-state index contributed by atoms with van der Waals surface area (Å²) >= 11 is 0. The Kier molecular flexibility index (Phi) is 5.09. The summed E-state index contributed by atoms with van der Waals surface area (Å²) in [4.78, 5) is 27.7. The molecule has 1 fully saturated rings. The van der Waals surface area contributed by atoms with Crippen LogP contribution in [-0.2, 0) is 17.4 Å².